The van der Waals surface area contributed by atoms with Crippen molar-refractivity contribution in [3.8, 4) is 5.75 Å². The number of nitrogens with zero attached hydrogens (tertiary/aromatic N) is 2. The molecule has 0 spiro atoms. The Hall–Kier alpha value is -3.90. The molecule has 0 unspecified atom stereocenters. The number of hydrogen-bond acceptors (Lipinski definition) is 10. The van der Waals surface area contributed by atoms with Crippen LogP contribution in [0.25, 0.3) is 0 Å². The highest BCUT2D eigenvalue weighted by Crippen LogP contribution is 2.30. The summed E-state index contributed by atoms with van der Waals surface area (Å²) in [6.07, 6.45) is -3.87. The normalized spacial score (nSPS) is 21.8. The number of alkyl carbamates (subject to hydrolysis) is 1. The topological polar surface area (TPSA) is 142 Å². The molecule has 0 aromatic heterocycles. The maximum Gasteiger partial charge on any atom is 0.509 e. The second kappa shape index (κ2) is 14.7. The minimum Gasteiger partial charge on any atom is -0.497 e. The molecule has 46 heavy (non-hydrogen) atoms. The molecule has 2 saturated heterocycles. The lowest BCUT2D eigenvalue weighted by atomic mass is 10.0. The molecule has 2 heterocycles. The minimum atomic E-state index is -1.05. The van der Waals surface area contributed by atoms with Crippen molar-refractivity contribution >= 4 is 24.4 Å². The van der Waals surface area contributed by atoms with Gasteiger partial charge in [-0.05, 0) is 98.8 Å². The number of carbonyl (C=O) groups is 4. The summed E-state index contributed by atoms with van der Waals surface area (Å²) >= 11 is 0. The van der Waals surface area contributed by atoms with E-state index in [1.807, 2.05) is 32.9 Å². The van der Waals surface area contributed by atoms with Crippen molar-refractivity contribution in [1.29, 1.82) is 0 Å². The van der Waals surface area contributed by atoms with Crippen molar-refractivity contribution in [3.63, 3.8) is 0 Å². The summed E-state index contributed by atoms with van der Waals surface area (Å²) in [4.78, 5) is 55.0. The van der Waals surface area contributed by atoms with E-state index in [1.54, 1.807) is 65.7 Å². The molecule has 0 aliphatic carbocycles. The summed E-state index contributed by atoms with van der Waals surface area (Å²) in [7, 11) is 1.57. The molecule has 3 rings (SSSR count). The maximum atomic E-state index is 13.4. The molecule has 2 aliphatic heterocycles. The predicted octanol–water partition coefficient (Wildman–Crippen LogP) is 5.53. The Labute approximate surface area is 272 Å². The van der Waals surface area contributed by atoms with E-state index >= 15 is 0 Å². The Balaban J connectivity index is 1.79. The third-order valence-corrected chi connectivity index (χ3v) is 7.11. The fourth-order valence-electron chi connectivity index (χ4n) is 5.16. The Kier molecular flexibility index (Phi) is 11.7. The van der Waals surface area contributed by atoms with Crippen molar-refractivity contribution in [2.75, 3.05) is 33.3 Å². The fraction of sp³-hybridized carbons (Fsp3) is 0.697. The van der Waals surface area contributed by atoms with Crippen LogP contribution in [0.4, 0.5) is 19.2 Å². The number of carbonyl (C=O) groups excluding carboxylic acids is 4. The zero-order chi connectivity index (χ0) is 34.4. The second-order valence-electron chi connectivity index (χ2n) is 14.7. The van der Waals surface area contributed by atoms with Gasteiger partial charge < -0.3 is 38.6 Å². The van der Waals surface area contributed by atoms with Gasteiger partial charge >= 0.3 is 24.4 Å². The number of benzene rings is 1. The van der Waals surface area contributed by atoms with E-state index in [1.165, 1.54) is 4.90 Å². The molecule has 3 amide bonds. The third kappa shape index (κ3) is 11.5. The monoisotopic (exact) mass is 649 g/mol. The van der Waals surface area contributed by atoms with Gasteiger partial charge in [-0.1, -0.05) is 12.1 Å². The predicted molar refractivity (Wildman–Crippen MR) is 169 cm³/mol. The third-order valence-electron chi connectivity index (χ3n) is 7.11. The van der Waals surface area contributed by atoms with Crippen molar-refractivity contribution in [1.82, 2.24) is 15.1 Å². The SMILES string of the molecule is COc1ccc(C[C@@H]2[C@H](OC(=O)NC[C@@H]3CCN(C(=O)OC(C)(C)C)C3)[C@@H](OC(=O)OC(C)(C)C)CN2C(=O)OC(C)(C)C)cc1. The van der Waals surface area contributed by atoms with Gasteiger partial charge in [0.25, 0.3) is 0 Å². The molecule has 1 aromatic carbocycles. The highest BCUT2D eigenvalue weighted by Gasteiger charge is 2.50. The largest absolute Gasteiger partial charge is 0.509 e. The number of likely N-dealkylation sites (tertiary alicyclic amines) is 2. The lowest BCUT2D eigenvalue weighted by molar-refractivity contribution is -0.0518. The molecule has 0 bridgehead atoms. The van der Waals surface area contributed by atoms with Crippen molar-refractivity contribution in [2.24, 2.45) is 5.92 Å². The molecule has 2 aliphatic rings. The van der Waals surface area contributed by atoms with Crippen molar-refractivity contribution in [2.45, 2.75) is 110 Å². The van der Waals surface area contributed by atoms with Gasteiger partial charge in [-0.15, -0.1) is 0 Å². The van der Waals surface area contributed by atoms with Crippen LogP contribution in [0.2, 0.25) is 0 Å². The first-order valence-electron chi connectivity index (χ1n) is 15.7. The van der Waals surface area contributed by atoms with Gasteiger partial charge in [-0.25, -0.2) is 19.2 Å². The van der Waals surface area contributed by atoms with E-state index in [2.05, 4.69) is 5.32 Å². The van der Waals surface area contributed by atoms with E-state index in [-0.39, 0.29) is 25.4 Å². The lowest BCUT2D eigenvalue weighted by Crippen LogP contribution is -2.46. The number of hydrogen-bond donors (Lipinski definition) is 1. The quantitative estimate of drug-likeness (QED) is 0.296. The molecule has 258 valence electrons. The molecule has 1 N–H and O–H groups in total. The maximum absolute atomic E-state index is 13.4. The van der Waals surface area contributed by atoms with Gasteiger partial charge in [0.05, 0.1) is 19.7 Å². The first-order valence-corrected chi connectivity index (χ1v) is 15.7. The Morgan fingerprint density at radius 1 is 0.804 bits per heavy atom. The zero-order valence-electron chi connectivity index (χ0n) is 28.8. The second-order valence-corrected chi connectivity index (χ2v) is 14.7. The molecule has 0 saturated carbocycles. The van der Waals surface area contributed by atoms with Gasteiger partial charge in [0, 0.05) is 19.6 Å². The number of nitrogens with one attached hydrogen (secondary N) is 1. The van der Waals surface area contributed by atoms with E-state index in [4.69, 9.17) is 28.4 Å². The molecule has 2 fully saturated rings. The smallest absolute Gasteiger partial charge is 0.497 e. The van der Waals surface area contributed by atoms with E-state index in [9.17, 15) is 19.2 Å². The zero-order valence-corrected chi connectivity index (χ0v) is 28.8. The molecule has 13 heteroatoms. The molecule has 4 atom stereocenters. The Bertz CT molecular complexity index is 1220. The van der Waals surface area contributed by atoms with Gasteiger partial charge in [0.2, 0.25) is 0 Å². The molecule has 13 nitrogen and oxygen atoms in total. The minimum absolute atomic E-state index is 0.00850. The van der Waals surface area contributed by atoms with Crippen LogP contribution in [0, 0.1) is 5.92 Å². The van der Waals surface area contributed by atoms with Crippen LogP contribution in [-0.2, 0) is 30.1 Å². The first kappa shape index (κ1) is 36.6. The average molecular weight is 650 g/mol. The summed E-state index contributed by atoms with van der Waals surface area (Å²) < 4.78 is 33.4. The van der Waals surface area contributed by atoms with Gasteiger partial charge in [0.1, 0.15) is 22.6 Å². The van der Waals surface area contributed by atoms with E-state index in [0.29, 0.717) is 25.3 Å². The molecule has 0 radical (unpaired) electrons. The average Bonchev–Trinajstić information content (AvgIpc) is 3.51. The van der Waals surface area contributed by atoms with Crippen molar-refractivity contribution in [3.05, 3.63) is 29.8 Å². The Morgan fingerprint density at radius 2 is 1.39 bits per heavy atom. The number of amides is 3. The van der Waals surface area contributed by atoms with E-state index < -0.39 is 59.5 Å². The number of methoxy groups -OCH3 is 1. The van der Waals surface area contributed by atoms with Gasteiger partial charge in [0.15, 0.2) is 12.2 Å². The summed E-state index contributed by atoms with van der Waals surface area (Å²) in [5, 5.41) is 2.79. The van der Waals surface area contributed by atoms with E-state index in [0.717, 1.165) is 5.56 Å². The first-order chi connectivity index (χ1) is 21.2. The standard InChI is InChI=1S/C33H51N3O10/c1-31(2,3)44-28(38)35-16-15-22(19-35)18-34-27(37)43-26-24(17-21-11-13-23(41-10)14-12-21)36(29(39)45-32(4,5)6)20-25(26)42-30(40)46-33(7,8)9/h11-14,22,24-26H,15-20H2,1-10H3,(H,34,37)/t22-,24+,25-,26-/m0/s1. The Morgan fingerprint density at radius 3 is 1.96 bits per heavy atom. The van der Waals surface area contributed by atoms with Crippen LogP contribution in [0.1, 0.15) is 74.3 Å². The summed E-state index contributed by atoms with van der Waals surface area (Å²) in [5.74, 6) is 0.653. The van der Waals surface area contributed by atoms with Crippen LogP contribution in [0.3, 0.4) is 0 Å². The molecular weight excluding hydrogens is 598 g/mol. The fourth-order valence-corrected chi connectivity index (χ4v) is 5.16. The van der Waals surface area contributed by atoms with Crippen LogP contribution in [-0.4, -0.2) is 103 Å². The number of ether oxygens (including phenoxy) is 6. The summed E-state index contributed by atoms with van der Waals surface area (Å²) in [5.41, 5.74) is -1.40. The summed E-state index contributed by atoms with van der Waals surface area (Å²) in [6, 6.07) is 6.54. The molecular formula is C33H51N3O10. The summed E-state index contributed by atoms with van der Waals surface area (Å²) in [6.45, 7) is 16.9. The van der Waals surface area contributed by atoms with Crippen LogP contribution in [0.5, 0.6) is 5.75 Å². The van der Waals surface area contributed by atoms with Crippen molar-refractivity contribution < 1.29 is 47.6 Å². The van der Waals surface area contributed by atoms with Crippen LogP contribution < -0.4 is 10.1 Å². The van der Waals surface area contributed by atoms with Gasteiger partial charge in [-0.2, -0.15) is 0 Å². The lowest BCUT2D eigenvalue weighted by Gasteiger charge is -2.30. The highest BCUT2D eigenvalue weighted by molar-refractivity contribution is 5.71. The number of rotatable bonds is 7. The van der Waals surface area contributed by atoms with Crippen LogP contribution in [0.15, 0.2) is 24.3 Å². The van der Waals surface area contributed by atoms with Crippen LogP contribution >= 0.6 is 0 Å². The molecule has 1 aromatic rings. The highest BCUT2D eigenvalue weighted by atomic mass is 16.7. The van der Waals surface area contributed by atoms with Gasteiger partial charge in [-0.3, -0.25) is 4.90 Å².